The summed E-state index contributed by atoms with van der Waals surface area (Å²) in [6.07, 6.45) is 0. The molecule has 1 aromatic rings. The number of carbonyl (C=O) groups is 1. The Hall–Kier alpha value is -0.620. The third-order valence-electron chi connectivity index (χ3n) is 2.74. The number of methoxy groups -OCH3 is 2. The second-order valence-electron chi connectivity index (χ2n) is 4.39. The highest BCUT2D eigenvalue weighted by Gasteiger charge is 2.25. The maximum atomic E-state index is 12.1. The second-order valence-corrected chi connectivity index (χ2v) is 5.72. The van der Waals surface area contributed by atoms with E-state index in [4.69, 9.17) is 21.1 Å². The molecule has 1 amide bonds. The van der Waals surface area contributed by atoms with Crippen LogP contribution >= 0.6 is 27.5 Å². The van der Waals surface area contributed by atoms with Crippen molar-refractivity contribution in [1.82, 2.24) is 5.32 Å². The van der Waals surface area contributed by atoms with Gasteiger partial charge in [-0.1, -0.05) is 27.5 Å². The maximum Gasteiger partial charge on any atom is 0.252 e. The lowest BCUT2D eigenvalue weighted by Gasteiger charge is -2.27. The van der Waals surface area contributed by atoms with Crippen LogP contribution in [0.1, 0.15) is 17.3 Å². The molecule has 0 radical (unpaired) electrons. The summed E-state index contributed by atoms with van der Waals surface area (Å²) in [5.74, 6) is -0.245. The van der Waals surface area contributed by atoms with Gasteiger partial charge in [0.2, 0.25) is 0 Å². The molecule has 6 heteroatoms. The average Bonchev–Trinajstić information content (AvgIpc) is 2.39. The predicted octanol–water partition coefficient (Wildman–Crippen LogP) is 2.88. The Balaban J connectivity index is 2.72. The highest BCUT2D eigenvalue weighted by Crippen LogP contribution is 2.21. The number of carbonyl (C=O) groups excluding carboxylic acids is 1. The SMILES string of the molecule is COC[C@](C)(CNC(=O)c1cc(Br)ccc1Cl)OC. The van der Waals surface area contributed by atoms with Gasteiger partial charge in [-0.15, -0.1) is 0 Å². The Kier molecular flexibility index (Phi) is 6.26. The molecule has 0 saturated heterocycles. The van der Waals surface area contributed by atoms with Gasteiger partial charge in [-0.3, -0.25) is 4.79 Å². The van der Waals surface area contributed by atoms with Crippen LogP contribution in [0.25, 0.3) is 0 Å². The van der Waals surface area contributed by atoms with E-state index in [1.165, 1.54) is 0 Å². The molecule has 0 aliphatic heterocycles. The number of halogens is 2. The number of benzene rings is 1. The Morgan fingerprint density at radius 1 is 1.47 bits per heavy atom. The summed E-state index contributed by atoms with van der Waals surface area (Å²) in [4.78, 5) is 12.1. The third kappa shape index (κ3) is 4.76. The van der Waals surface area contributed by atoms with Gasteiger partial charge in [0.05, 0.1) is 17.2 Å². The molecule has 0 bridgehead atoms. The van der Waals surface area contributed by atoms with Crippen molar-refractivity contribution in [2.24, 2.45) is 0 Å². The van der Waals surface area contributed by atoms with E-state index in [0.29, 0.717) is 23.7 Å². The van der Waals surface area contributed by atoms with Gasteiger partial charge in [0.25, 0.3) is 5.91 Å². The smallest absolute Gasteiger partial charge is 0.252 e. The van der Waals surface area contributed by atoms with Gasteiger partial charge in [-0.25, -0.2) is 0 Å². The molecular formula is C13H17BrClNO3. The van der Waals surface area contributed by atoms with Gasteiger partial charge >= 0.3 is 0 Å². The summed E-state index contributed by atoms with van der Waals surface area (Å²) in [5.41, 5.74) is -0.144. The minimum Gasteiger partial charge on any atom is -0.382 e. The van der Waals surface area contributed by atoms with Gasteiger partial charge < -0.3 is 14.8 Å². The molecule has 4 nitrogen and oxygen atoms in total. The lowest BCUT2D eigenvalue weighted by atomic mass is 10.1. The van der Waals surface area contributed by atoms with Crippen molar-refractivity contribution in [3.63, 3.8) is 0 Å². The Morgan fingerprint density at radius 2 is 2.16 bits per heavy atom. The molecule has 19 heavy (non-hydrogen) atoms. The molecule has 1 rings (SSSR count). The van der Waals surface area contributed by atoms with Crippen molar-refractivity contribution < 1.29 is 14.3 Å². The number of nitrogens with one attached hydrogen (secondary N) is 1. The van der Waals surface area contributed by atoms with Crippen molar-refractivity contribution in [3.8, 4) is 0 Å². The van der Waals surface area contributed by atoms with E-state index >= 15 is 0 Å². The second kappa shape index (κ2) is 7.24. The third-order valence-corrected chi connectivity index (χ3v) is 3.56. The summed E-state index contributed by atoms with van der Waals surface area (Å²) in [6.45, 7) is 2.58. The van der Waals surface area contributed by atoms with Crippen molar-refractivity contribution in [1.29, 1.82) is 0 Å². The zero-order valence-corrected chi connectivity index (χ0v) is 13.5. The van der Waals surface area contributed by atoms with Crippen molar-refractivity contribution in [2.75, 3.05) is 27.4 Å². The maximum absolute atomic E-state index is 12.1. The predicted molar refractivity (Wildman–Crippen MR) is 78.8 cm³/mol. The van der Waals surface area contributed by atoms with Crippen LogP contribution in [-0.2, 0) is 9.47 Å². The van der Waals surface area contributed by atoms with Gasteiger partial charge in [0.1, 0.15) is 5.60 Å². The number of hydrogen-bond donors (Lipinski definition) is 1. The largest absolute Gasteiger partial charge is 0.382 e. The Morgan fingerprint density at radius 3 is 2.74 bits per heavy atom. The molecule has 0 heterocycles. The first kappa shape index (κ1) is 16.4. The topological polar surface area (TPSA) is 47.6 Å². The van der Waals surface area contributed by atoms with Crippen molar-refractivity contribution in [3.05, 3.63) is 33.3 Å². The summed E-state index contributed by atoms with van der Waals surface area (Å²) in [6, 6.07) is 5.13. The highest BCUT2D eigenvalue weighted by molar-refractivity contribution is 9.10. The average molecular weight is 351 g/mol. The molecule has 106 valence electrons. The molecular weight excluding hydrogens is 334 g/mol. The lowest BCUT2D eigenvalue weighted by Crippen LogP contribution is -2.45. The highest BCUT2D eigenvalue weighted by atomic mass is 79.9. The van der Waals surface area contributed by atoms with Crippen LogP contribution in [0.3, 0.4) is 0 Å². The quantitative estimate of drug-likeness (QED) is 0.858. The summed E-state index contributed by atoms with van der Waals surface area (Å²) in [7, 11) is 3.17. The Bertz CT molecular complexity index is 456. The van der Waals surface area contributed by atoms with Crippen LogP contribution in [-0.4, -0.2) is 38.9 Å². The van der Waals surface area contributed by atoms with Gasteiger partial charge in [0, 0.05) is 25.2 Å². The number of ether oxygens (including phenoxy) is 2. The molecule has 0 spiro atoms. The van der Waals surface area contributed by atoms with Crippen LogP contribution in [0.2, 0.25) is 5.02 Å². The molecule has 0 unspecified atom stereocenters. The number of rotatable bonds is 6. The van der Waals surface area contributed by atoms with Crippen LogP contribution in [0.5, 0.6) is 0 Å². The first-order valence-corrected chi connectivity index (χ1v) is 6.86. The van der Waals surface area contributed by atoms with Crippen LogP contribution in [0.4, 0.5) is 0 Å². The molecule has 1 aromatic carbocycles. The fourth-order valence-electron chi connectivity index (χ4n) is 1.52. The molecule has 0 aromatic heterocycles. The molecule has 0 fully saturated rings. The first-order valence-electron chi connectivity index (χ1n) is 5.69. The minimum atomic E-state index is -0.567. The standard InChI is InChI=1S/C13H17BrClNO3/c1-13(19-3,8-18-2)7-16-12(17)10-6-9(14)4-5-11(10)15/h4-6H,7-8H2,1-3H3,(H,16,17)/t13-/m0/s1. The molecule has 0 saturated carbocycles. The van der Waals surface area contributed by atoms with Crippen LogP contribution in [0.15, 0.2) is 22.7 Å². The number of amides is 1. The molecule has 1 N–H and O–H groups in total. The molecule has 1 atom stereocenters. The molecule has 0 aliphatic rings. The van der Waals surface area contributed by atoms with Crippen molar-refractivity contribution >= 4 is 33.4 Å². The van der Waals surface area contributed by atoms with E-state index in [-0.39, 0.29) is 5.91 Å². The van der Waals surface area contributed by atoms with E-state index in [9.17, 15) is 4.79 Å². The van der Waals surface area contributed by atoms with E-state index in [2.05, 4.69) is 21.2 Å². The fourth-order valence-corrected chi connectivity index (χ4v) is 2.09. The van der Waals surface area contributed by atoms with E-state index in [1.54, 1.807) is 32.4 Å². The normalized spacial score (nSPS) is 13.9. The van der Waals surface area contributed by atoms with E-state index in [0.717, 1.165) is 4.47 Å². The van der Waals surface area contributed by atoms with E-state index < -0.39 is 5.60 Å². The lowest BCUT2D eigenvalue weighted by molar-refractivity contribution is -0.0479. The zero-order chi connectivity index (χ0) is 14.5. The summed E-state index contributed by atoms with van der Waals surface area (Å²) >= 11 is 9.31. The van der Waals surface area contributed by atoms with Crippen molar-refractivity contribution in [2.45, 2.75) is 12.5 Å². The molecule has 0 aliphatic carbocycles. The van der Waals surface area contributed by atoms with E-state index in [1.807, 2.05) is 6.92 Å². The monoisotopic (exact) mass is 349 g/mol. The van der Waals surface area contributed by atoms with Gasteiger partial charge in [0.15, 0.2) is 0 Å². The number of hydrogen-bond acceptors (Lipinski definition) is 3. The minimum absolute atomic E-state index is 0.245. The van der Waals surface area contributed by atoms with Gasteiger partial charge in [-0.2, -0.15) is 0 Å². The van der Waals surface area contributed by atoms with Gasteiger partial charge in [-0.05, 0) is 25.1 Å². The first-order chi connectivity index (χ1) is 8.91. The summed E-state index contributed by atoms with van der Waals surface area (Å²) < 4.78 is 11.2. The Labute approximate surface area is 126 Å². The summed E-state index contributed by atoms with van der Waals surface area (Å²) in [5, 5.41) is 3.20. The van der Waals surface area contributed by atoms with Crippen LogP contribution in [0, 0.1) is 0 Å². The fraction of sp³-hybridized carbons (Fsp3) is 0.462. The zero-order valence-electron chi connectivity index (χ0n) is 11.1. The van der Waals surface area contributed by atoms with Crippen LogP contribution < -0.4 is 5.32 Å².